The monoisotopic (exact) mass is 298 g/mol. The molecule has 0 N–H and O–H groups in total. The highest BCUT2D eigenvalue weighted by Crippen LogP contribution is 2.23. The summed E-state index contributed by atoms with van der Waals surface area (Å²) in [6.45, 7) is 2.69. The second-order valence-corrected chi connectivity index (χ2v) is 4.39. The van der Waals surface area contributed by atoms with Crippen molar-refractivity contribution in [1.29, 1.82) is 0 Å². The van der Waals surface area contributed by atoms with E-state index < -0.39 is 6.36 Å². The van der Waals surface area contributed by atoms with Gasteiger partial charge in [-0.25, -0.2) is 0 Å². The molecule has 1 aromatic heterocycles. The fourth-order valence-corrected chi connectivity index (χ4v) is 1.81. The number of hydrogen-bond donors (Lipinski definition) is 0. The maximum atomic E-state index is 12.1. The van der Waals surface area contributed by atoms with Gasteiger partial charge in [-0.1, -0.05) is 6.92 Å². The predicted molar refractivity (Wildman–Crippen MR) is 69.1 cm³/mol. The van der Waals surface area contributed by atoms with Crippen molar-refractivity contribution in [2.75, 3.05) is 0 Å². The Bertz CT molecular complexity index is 618. The minimum absolute atomic E-state index is 0.278. The van der Waals surface area contributed by atoms with Gasteiger partial charge in [0.2, 0.25) is 0 Å². The molecule has 0 amide bonds. The lowest BCUT2D eigenvalue weighted by Gasteiger charge is -2.08. The van der Waals surface area contributed by atoms with Crippen LogP contribution in [0, 0.1) is 0 Å². The van der Waals surface area contributed by atoms with Gasteiger partial charge in [0.1, 0.15) is 5.75 Å². The highest BCUT2D eigenvalue weighted by molar-refractivity contribution is 6.08. The van der Waals surface area contributed by atoms with Crippen molar-refractivity contribution in [2.24, 2.45) is 0 Å². The predicted octanol–water partition coefficient (Wildman–Crippen LogP) is 3.42. The number of halogens is 3. The minimum Gasteiger partial charge on any atom is -0.406 e. The summed E-state index contributed by atoms with van der Waals surface area (Å²) >= 11 is 0. The van der Waals surface area contributed by atoms with E-state index in [-0.39, 0.29) is 17.1 Å². The van der Waals surface area contributed by atoms with Gasteiger partial charge in [-0.3, -0.25) is 9.48 Å². The molecule has 0 saturated carbocycles. The molecule has 21 heavy (non-hydrogen) atoms. The molecule has 0 radical (unpaired) electrons. The molecule has 1 heterocycles. The number of rotatable bonds is 5. The first-order valence-electron chi connectivity index (χ1n) is 6.32. The fraction of sp³-hybridized carbons (Fsp3) is 0.286. The van der Waals surface area contributed by atoms with Crippen LogP contribution in [0.5, 0.6) is 5.75 Å². The number of hydrogen-bond acceptors (Lipinski definition) is 3. The Morgan fingerprint density at radius 1 is 1.24 bits per heavy atom. The van der Waals surface area contributed by atoms with Gasteiger partial charge in [-0.15, -0.1) is 13.2 Å². The molecule has 4 nitrogen and oxygen atoms in total. The molecule has 2 aromatic rings. The molecular weight excluding hydrogens is 285 g/mol. The van der Waals surface area contributed by atoms with Crippen LogP contribution in [-0.2, 0) is 6.54 Å². The zero-order chi connectivity index (χ0) is 15.5. The van der Waals surface area contributed by atoms with Crippen LogP contribution in [0.1, 0.15) is 29.3 Å². The number of carbonyl (C=O) groups is 1. The van der Waals surface area contributed by atoms with Crippen molar-refractivity contribution < 1.29 is 22.7 Å². The second-order valence-electron chi connectivity index (χ2n) is 4.39. The molecule has 0 saturated heterocycles. The summed E-state index contributed by atoms with van der Waals surface area (Å²) in [5.41, 5.74) is 0.675. The standard InChI is InChI=1S/C14H13F3N2O2/c1-2-7-19-9-11(8-18-19)13(20)10-3-5-12(6-4-10)21-14(15,16)17/h3-6,8-9H,2,7H2,1H3. The topological polar surface area (TPSA) is 44.1 Å². The third kappa shape index (κ3) is 4.08. The van der Waals surface area contributed by atoms with Crippen LogP contribution in [-0.4, -0.2) is 21.9 Å². The Hall–Kier alpha value is -2.31. The SMILES string of the molecule is CCCn1cc(C(=O)c2ccc(OC(F)(F)F)cc2)cn1. The van der Waals surface area contributed by atoms with Crippen LogP contribution < -0.4 is 4.74 Å². The van der Waals surface area contributed by atoms with Crippen molar-refractivity contribution in [3.63, 3.8) is 0 Å². The smallest absolute Gasteiger partial charge is 0.406 e. The summed E-state index contributed by atoms with van der Waals surface area (Å²) in [4.78, 5) is 12.1. The maximum absolute atomic E-state index is 12.1. The highest BCUT2D eigenvalue weighted by atomic mass is 19.4. The largest absolute Gasteiger partial charge is 0.573 e. The zero-order valence-corrected chi connectivity index (χ0v) is 11.2. The molecule has 112 valence electrons. The molecule has 0 fully saturated rings. The number of benzene rings is 1. The zero-order valence-electron chi connectivity index (χ0n) is 11.2. The third-order valence-corrected chi connectivity index (χ3v) is 2.70. The Morgan fingerprint density at radius 2 is 1.90 bits per heavy atom. The van der Waals surface area contributed by atoms with Gasteiger partial charge in [0, 0.05) is 18.3 Å². The maximum Gasteiger partial charge on any atom is 0.573 e. The molecule has 0 unspecified atom stereocenters. The Balaban J connectivity index is 2.12. The quantitative estimate of drug-likeness (QED) is 0.794. The van der Waals surface area contributed by atoms with Crippen molar-refractivity contribution in [1.82, 2.24) is 9.78 Å². The van der Waals surface area contributed by atoms with Gasteiger partial charge in [0.05, 0.1) is 11.8 Å². The van der Waals surface area contributed by atoms with Crippen molar-refractivity contribution >= 4 is 5.78 Å². The number of ketones is 1. The summed E-state index contributed by atoms with van der Waals surface area (Å²) in [6.07, 6.45) is -0.796. The molecule has 0 bridgehead atoms. The molecule has 0 atom stereocenters. The van der Waals surface area contributed by atoms with Gasteiger partial charge >= 0.3 is 6.36 Å². The first-order valence-corrected chi connectivity index (χ1v) is 6.32. The molecule has 7 heteroatoms. The number of aromatic nitrogens is 2. The molecule has 0 spiro atoms. The Kier molecular flexibility index (Phi) is 4.30. The fourth-order valence-electron chi connectivity index (χ4n) is 1.81. The summed E-state index contributed by atoms with van der Waals surface area (Å²) in [6, 6.07) is 4.80. The first kappa shape index (κ1) is 15.1. The second kappa shape index (κ2) is 5.99. The van der Waals surface area contributed by atoms with Crippen LogP contribution in [0.15, 0.2) is 36.7 Å². The summed E-state index contributed by atoms with van der Waals surface area (Å²) in [5.74, 6) is -0.656. The summed E-state index contributed by atoms with van der Waals surface area (Å²) < 4.78 is 41.5. The van der Waals surface area contributed by atoms with E-state index in [4.69, 9.17) is 0 Å². The van der Waals surface area contributed by atoms with E-state index in [0.717, 1.165) is 18.6 Å². The number of carbonyl (C=O) groups excluding carboxylic acids is 1. The van der Waals surface area contributed by atoms with Crippen molar-refractivity contribution in [3.8, 4) is 5.75 Å². The normalized spacial score (nSPS) is 11.4. The molecular formula is C14H13F3N2O2. The van der Waals surface area contributed by atoms with Crippen molar-refractivity contribution in [2.45, 2.75) is 26.3 Å². The van der Waals surface area contributed by atoms with Gasteiger partial charge < -0.3 is 4.74 Å². The van der Waals surface area contributed by atoms with Crippen LogP contribution in [0.25, 0.3) is 0 Å². The first-order chi connectivity index (χ1) is 9.89. The van der Waals surface area contributed by atoms with E-state index in [0.29, 0.717) is 12.1 Å². The third-order valence-electron chi connectivity index (χ3n) is 2.70. The van der Waals surface area contributed by atoms with Crippen molar-refractivity contribution in [3.05, 3.63) is 47.8 Å². The minimum atomic E-state index is -4.74. The van der Waals surface area contributed by atoms with Gasteiger partial charge in [-0.05, 0) is 30.7 Å². The van der Waals surface area contributed by atoms with E-state index in [9.17, 15) is 18.0 Å². The average molecular weight is 298 g/mol. The summed E-state index contributed by atoms with van der Waals surface area (Å²) in [5, 5.41) is 4.04. The highest BCUT2D eigenvalue weighted by Gasteiger charge is 2.31. The van der Waals surface area contributed by atoms with Crippen LogP contribution in [0.4, 0.5) is 13.2 Å². The van der Waals surface area contributed by atoms with E-state index in [1.807, 2.05) is 6.92 Å². The lowest BCUT2D eigenvalue weighted by molar-refractivity contribution is -0.274. The molecule has 0 aliphatic rings. The number of aryl methyl sites for hydroxylation is 1. The van der Waals surface area contributed by atoms with Crippen LogP contribution in [0.3, 0.4) is 0 Å². The number of nitrogens with zero attached hydrogens (tertiary/aromatic N) is 2. The van der Waals surface area contributed by atoms with E-state index in [1.54, 1.807) is 10.9 Å². The van der Waals surface area contributed by atoms with Gasteiger partial charge in [0.15, 0.2) is 5.78 Å². The van der Waals surface area contributed by atoms with Crippen LogP contribution >= 0.6 is 0 Å². The Morgan fingerprint density at radius 3 is 2.48 bits per heavy atom. The van der Waals surface area contributed by atoms with E-state index >= 15 is 0 Å². The summed E-state index contributed by atoms with van der Waals surface area (Å²) in [7, 11) is 0. The lowest BCUT2D eigenvalue weighted by Crippen LogP contribution is -2.17. The van der Waals surface area contributed by atoms with E-state index in [2.05, 4.69) is 9.84 Å². The molecule has 1 aromatic carbocycles. The number of ether oxygens (including phenoxy) is 1. The van der Waals surface area contributed by atoms with Crippen LogP contribution in [0.2, 0.25) is 0 Å². The average Bonchev–Trinajstić information content (AvgIpc) is 2.86. The van der Waals surface area contributed by atoms with E-state index in [1.165, 1.54) is 18.3 Å². The Labute approximate surface area is 119 Å². The molecule has 2 rings (SSSR count). The molecule has 0 aliphatic carbocycles. The number of alkyl halides is 3. The van der Waals surface area contributed by atoms with Gasteiger partial charge in [-0.2, -0.15) is 5.10 Å². The molecule has 0 aliphatic heterocycles. The van der Waals surface area contributed by atoms with Gasteiger partial charge in [0.25, 0.3) is 0 Å². The lowest BCUT2D eigenvalue weighted by atomic mass is 10.1.